The smallest absolute Gasteiger partial charge is 0.166 e. The van der Waals surface area contributed by atoms with Crippen LogP contribution in [0.1, 0.15) is 56.0 Å². The summed E-state index contributed by atoms with van der Waals surface area (Å²) in [6.07, 6.45) is 0.382. The summed E-state index contributed by atoms with van der Waals surface area (Å²) in [6, 6.07) is 19.2. The Kier molecular flexibility index (Phi) is 5.71. The molecule has 0 aliphatic carbocycles. The van der Waals surface area contributed by atoms with Crippen LogP contribution in [-0.2, 0) is 4.79 Å². The van der Waals surface area contributed by atoms with Crippen molar-refractivity contribution in [3.63, 3.8) is 0 Å². The summed E-state index contributed by atoms with van der Waals surface area (Å²) >= 11 is 0. The first kappa shape index (κ1) is 18.1. The van der Waals surface area contributed by atoms with E-state index in [1.807, 2.05) is 88.4 Å². The molecular formula is C22H26O2. The fourth-order valence-electron chi connectivity index (χ4n) is 2.84. The van der Waals surface area contributed by atoms with E-state index in [9.17, 15) is 9.59 Å². The van der Waals surface area contributed by atoms with Crippen LogP contribution < -0.4 is 0 Å². The maximum Gasteiger partial charge on any atom is 0.166 e. The van der Waals surface area contributed by atoms with Crippen molar-refractivity contribution in [3.8, 4) is 0 Å². The third kappa shape index (κ3) is 4.41. The molecule has 0 bridgehead atoms. The molecule has 126 valence electrons. The van der Waals surface area contributed by atoms with Crippen LogP contribution in [0.2, 0.25) is 0 Å². The van der Waals surface area contributed by atoms with Gasteiger partial charge >= 0.3 is 0 Å². The van der Waals surface area contributed by atoms with Gasteiger partial charge in [-0.05, 0) is 5.56 Å². The first-order valence-corrected chi connectivity index (χ1v) is 8.48. The summed E-state index contributed by atoms with van der Waals surface area (Å²) in [5, 5.41) is 0. The minimum atomic E-state index is -0.400. The standard InChI is InChI=1S/C22H26O2/c1-16(21(24)18-13-9-6-10-14-18)19(15-20(23)22(2,3)4)17-11-7-5-8-12-17/h5-14,16,19H,15H2,1-4H3. The highest BCUT2D eigenvalue weighted by molar-refractivity contribution is 5.98. The van der Waals surface area contributed by atoms with Crippen LogP contribution in [0, 0.1) is 11.3 Å². The second-order valence-electron chi connectivity index (χ2n) is 7.41. The summed E-state index contributed by atoms with van der Waals surface area (Å²) in [5.41, 5.74) is 1.35. The highest BCUT2D eigenvalue weighted by Gasteiger charge is 2.31. The summed E-state index contributed by atoms with van der Waals surface area (Å²) in [7, 11) is 0. The molecule has 0 amide bonds. The van der Waals surface area contributed by atoms with Gasteiger partial charge < -0.3 is 0 Å². The van der Waals surface area contributed by atoms with Gasteiger partial charge in [-0.25, -0.2) is 0 Å². The van der Waals surface area contributed by atoms with Crippen LogP contribution >= 0.6 is 0 Å². The average Bonchev–Trinajstić information content (AvgIpc) is 2.59. The Morgan fingerprint density at radius 2 is 1.38 bits per heavy atom. The minimum Gasteiger partial charge on any atom is -0.299 e. The number of hydrogen-bond donors (Lipinski definition) is 0. The molecule has 0 radical (unpaired) electrons. The molecule has 2 aromatic carbocycles. The van der Waals surface area contributed by atoms with Crippen LogP contribution in [0.3, 0.4) is 0 Å². The predicted octanol–water partition coefficient (Wildman–Crippen LogP) is 5.29. The van der Waals surface area contributed by atoms with E-state index in [4.69, 9.17) is 0 Å². The minimum absolute atomic E-state index is 0.0890. The lowest BCUT2D eigenvalue weighted by Gasteiger charge is -2.26. The summed E-state index contributed by atoms with van der Waals surface area (Å²) < 4.78 is 0. The van der Waals surface area contributed by atoms with Crippen LogP contribution in [0.4, 0.5) is 0 Å². The molecule has 0 saturated carbocycles. The van der Waals surface area contributed by atoms with E-state index < -0.39 is 5.41 Å². The summed E-state index contributed by atoms with van der Waals surface area (Å²) in [5.74, 6) is -0.0815. The normalized spacial score (nSPS) is 14.0. The first-order chi connectivity index (χ1) is 11.3. The van der Waals surface area contributed by atoms with Crippen molar-refractivity contribution in [1.82, 2.24) is 0 Å². The maximum atomic E-state index is 12.9. The zero-order valence-corrected chi connectivity index (χ0v) is 15.0. The van der Waals surface area contributed by atoms with Gasteiger partial charge in [-0.15, -0.1) is 0 Å². The molecule has 24 heavy (non-hydrogen) atoms. The summed E-state index contributed by atoms with van der Waals surface area (Å²) in [4.78, 5) is 25.5. The molecule has 2 nitrogen and oxygen atoms in total. The molecule has 0 spiro atoms. The summed E-state index contributed by atoms with van der Waals surface area (Å²) in [6.45, 7) is 7.73. The number of Topliss-reactive ketones (excluding diaryl/α,β-unsaturated/α-hetero) is 2. The zero-order chi connectivity index (χ0) is 17.7. The molecule has 0 aromatic heterocycles. The van der Waals surface area contributed by atoms with Crippen molar-refractivity contribution >= 4 is 11.6 Å². The van der Waals surface area contributed by atoms with E-state index in [-0.39, 0.29) is 23.4 Å². The molecule has 0 heterocycles. The van der Waals surface area contributed by atoms with E-state index in [1.165, 1.54) is 0 Å². The fourth-order valence-corrected chi connectivity index (χ4v) is 2.84. The Morgan fingerprint density at radius 3 is 1.88 bits per heavy atom. The molecule has 0 saturated heterocycles. The number of benzene rings is 2. The Morgan fingerprint density at radius 1 is 0.875 bits per heavy atom. The highest BCUT2D eigenvalue weighted by atomic mass is 16.1. The average molecular weight is 322 g/mol. The van der Waals surface area contributed by atoms with E-state index in [0.717, 1.165) is 5.56 Å². The SMILES string of the molecule is CC(C(=O)c1ccccc1)C(CC(=O)C(C)(C)C)c1ccccc1. The molecule has 2 unspecified atom stereocenters. The van der Waals surface area contributed by atoms with Crippen molar-refractivity contribution in [3.05, 3.63) is 71.8 Å². The molecule has 0 aliphatic heterocycles. The maximum absolute atomic E-state index is 12.9. The first-order valence-electron chi connectivity index (χ1n) is 8.48. The Hall–Kier alpha value is -2.22. The number of carbonyl (C=O) groups excluding carboxylic acids is 2. The third-order valence-corrected chi connectivity index (χ3v) is 4.54. The van der Waals surface area contributed by atoms with E-state index in [1.54, 1.807) is 0 Å². The third-order valence-electron chi connectivity index (χ3n) is 4.54. The van der Waals surface area contributed by atoms with Crippen molar-refractivity contribution in [2.75, 3.05) is 0 Å². The Balaban J connectivity index is 2.32. The zero-order valence-electron chi connectivity index (χ0n) is 15.0. The number of hydrogen-bond acceptors (Lipinski definition) is 2. The lowest BCUT2D eigenvalue weighted by molar-refractivity contribution is -0.126. The van der Waals surface area contributed by atoms with Gasteiger partial charge in [0.2, 0.25) is 0 Å². The van der Waals surface area contributed by atoms with Gasteiger partial charge in [0.25, 0.3) is 0 Å². The van der Waals surface area contributed by atoms with Crippen LogP contribution in [0.25, 0.3) is 0 Å². The van der Waals surface area contributed by atoms with Gasteiger partial charge in [-0.1, -0.05) is 88.4 Å². The van der Waals surface area contributed by atoms with Crippen LogP contribution in [0.5, 0.6) is 0 Å². The van der Waals surface area contributed by atoms with Gasteiger partial charge in [-0.2, -0.15) is 0 Å². The quantitative estimate of drug-likeness (QED) is 0.677. The molecule has 2 aromatic rings. The molecule has 0 N–H and O–H groups in total. The lowest BCUT2D eigenvalue weighted by atomic mass is 9.76. The van der Waals surface area contributed by atoms with Gasteiger partial charge in [0.05, 0.1) is 0 Å². The molecule has 2 rings (SSSR count). The lowest BCUT2D eigenvalue weighted by Crippen LogP contribution is -2.27. The van der Waals surface area contributed by atoms with Crippen LogP contribution in [0.15, 0.2) is 60.7 Å². The molecule has 0 fully saturated rings. The molecule has 0 aliphatic rings. The van der Waals surface area contributed by atoms with Gasteiger partial charge in [-0.3, -0.25) is 9.59 Å². The second-order valence-corrected chi connectivity index (χ2v) is 7.41. The monoisotopic (exact) mass is 322 g/mol. The second kappa shape index (κ2) is 7.57. The fraction of sp³-hybridized carbons (Fsp3) is 0.364. The van der Waals surface area contributed by atoms with Crippen molar-refractivity contribution in [1.29, 1.82) is 0 Å². The molecule has 2 atom stereocenters. The molecular weight excluding hydrogens is 296 g/mol. The number of ketones is 2. The predicted molar refractivity (Wildman–Crippen MR) is 98.2 cm³/mol. The van der Waals surface area contributed by atoms with Gasteiger partial charge in [0.15, 0.2) is 5.78 Å². The number of carbonyl (C=O) groups is 2. The van der Waals surface area contributed by atoms with Gasteiger partial charge in [0.1, 0.15) is 5.78 Å². The van der Waals surface area contributed by atoms with E-state index >= 15 is 0 Å². The highest BCUT2D eigenvalue weighted by Crippen LogP contribution is 2.33. The Labute approximate surface area is 144 Å². The van der Waals surface area contributed by atoms with Crippen molar-refractivity contribution in [2.45, 2.75) is 40.0 Å². The van der Waals surface area contributed by atoms with E-state index in [2.05, 4.69) is 0 Å². The topological polar surface area (TPSA) is 34.1 Å². The van der Waals surface area contributed by atoms with Crippen LogP contribution in [-0.4, -0.2) is 11.6 Å². The van der Waals surface area contributed by atoms with Crippen molar-refractivity contribution < 1.29 is 9.59 Å². The largest absolute Gasteiger partial charge is 0.299 e. The van der Waals surface area contributed by atoms with Crippen molar-refractivity contribution in [2.24, 2.45) is 11.3 Å². The van der Waals surface area contributed by atoms with Gasteiger partial charge in [0, 0.05) is 29.2 Å². The molecule has 2 heteroatoms. The Bertz CT molecular complexity index is 681. The van der Waals surface area contributed by atoms with E-state index in [0.29, 0.717) is 12.0 Å². The number of rotatable bonds is 6.